The number of rotatable bonds is 6. The molecule has 0 aliphatic carbocycles. The van der Waals surface area contributed by atoms with E-state index in [1.54, 1.807) is 11.9 Å². The molecular weight excluding hydrogens is 401 g/mol. The fourth-order valence-electron chi connectivity index (χ4n) is 3.44. The highest BCUT2D eigenvalue weighted by molar-refractivity contribution is 7.97. The molecule has 3 rings (SSSR count). The predicted octanol–water partition coefficient (Wildman–Crippen LogP) is 5.01. The van der Waals surface area contributed by atoms with Crippen LogP contribution in [0.4, 0.5) is 4.39 Å². The van der Waals surface area contributed by atoms with E-state index in [4.69, 9.17) is 15.6 Å². The van der Waals surface area contributed by atoms with Crippen molar-refractivity contribution < 1.29 is 14.3 Å². The fraction of sp³-hybridized carbons (Fsp3) is 0.261. The number of hydrogen-bond donors (Lipinski definition) is 2. The van der Waals surface area contributed by atoms with Crippen molar-refractivity contribution in [3.8, 4) is 11.1 Å². The molecule has 7 heteroatoms. The molecule has 0 fully saturated rings. The quantitative estimate of drug-likeness (QED) is 0.426. The maximum absolute atomic E-state index is 14.3. The van der Waals surface area contributed by atoms with E-state index >= 15 is 0 Å². The number of fused-ring (bicyclic) bond motifs is 1. The molecule has 1 heterocycles. The summed E-state index contributed by atoms with van der Waals surface area (Å²) in [5.41, 5.74) is 11.1. The van der Waals surface area contributed by atoms with Crippen LogP contribution in [0.2, 0.25) is 0 Å². The summed E-state index contributed by atoms with van der Waals surface area (Å²) >= 11 is 1.68. The Labute approximate surface area is 181 Å². The molecule has 30 heavy (non-hydrogen) atoms. The molecule has 0 unspecified atom stereocenters. The van der Waals surface area contributed by atoms with Gasteiger partial charge in [0.25, 0.3) is 6.47 Å². The molecule has 0 bridgehead atoms. The van der Waals surface area contributed by atoms with Crippen molar-refractivity contribution >= 4 is 29.3 Å². The Hall–Kier alpha value is -2.61. The lowest BCUT2D eigenvalue weighted by atomic mass is 10.0. The van der Waals surface area contributed by atoms with Gasteiger partial charge in [0.2, 0.25) is 0 Å². The van der Waals surface area contributed by atoms with E-state index in [1.807, 2.05) is 18.7 Å². The van der Waals surface area contributed by atoms with Crippen LogP contribution in [0.15, 0.2) is 59.3 Å². The van der Waals surface area contributed by atoms with Gasteiger partial charge in [-0.2, -0.15) is 0 Å². The maximum atomic E-state index is 14.3. The van der Waals surface area contributed by atoms with Gasteiger partial charge in [-0.15, -0.1) is 0 Å². The number of carboxylic acid groups (broad SMARTS) is 1. The molecule has 3 N–H and O–H groups in total. The van der Waals surface area contributed by atoms with Crippen molar-refractivity contribution in [1.29, 1.82) is 0 Å². The van der Waals surface area contributed by atoms with Gasteiger partial charge in [0.05, 0.1) is 6.54 Å². The summed E-state index contributed by atoms with van der Waals surface area (Å²) in [5.74, 6) is -0.208. The molecule has 0 amide bonds. The standard InChI is InChI=1S/C22H26FN3S.CH2O2/c1-15-6-5-7-17(12-15)22-16(2)26(14-18(23)10-11-24)21-9-8-19(13-20(21)22)27-25(3)4;2-1-3/h5-10,12-13H,11,14,24H2,1-4H3;1H,(H,2,3)/b18-10-;. The van der Waals surface area contributed by atoms with E-state index in [-0.39, 0.29) is 25.4 Å². The Bertz CT molecular complexity index is 1040. The molecule has 160 valence electrons. The molecule has 5 nitrogen and oxygen atoms in total. The third-order valence-electron chi connectivity index (χ3n) is 4.54. The molecule has 0 saturated carbocycles. The normalized spacial score (nSPS) is 11.5. The molecule has 1 aromatic heterocycles. The van der Waals surface area contributed by atoms with E-state index in [1.165, 1.54) is 11.6 Å². The van der Waals surface area contributed by atoms with Crippen molar-refractivity contribution in [3.05, 3.63) is 65.6 Å². The van der Waals surface area contributed by atoms with Gasteiger partial charge < -0.3 is 15.4 Å². The largest absolute Gasteiger partial charge is 0.483 e. The van der Waals surface area contributed by atoms with Crippen LogP contribution in [0.5, 0.6) is 0 Å². The average molecular weight is 430 g/mol. The number of allylic oxidation sites excluding steroid dienone is 1. The van der Waals surface area contributed by atoms with Crippen LogP contribution in [0.25, 0.3) is 22.0 Å². The monoisotopic (exact) mass is 429 g/mol. The first-order valence-corrected chi connectivity index (χ1v) is 10.3. The molecule has 0 saturated heterocycles. The van der Waals surface area contributed by atoms with Gasteiger partial charge in [0.15, 0.2) is 0 Å². The first-order valence-electron chi connectivity index (χ1n) is 9.50. The molecular formula is C23H28FN3O2S. The Morgan fingerprint density at radius 2 is 1.93 bits per heavy atom. The molecule has 0 aliphatic heterocycles. The lowest BCUT2D eigenvalue weighted by molar-refractivity contribution is -0.122. The van der Waals surface area contributed by atoms with Crippen LogP contribution in [0, 0.1) is 13.8 Å². The first-order chi connectivity index (χ1) is 14.3. The van der Waals surface area contributed by atoms with Gasteiger partial charge in [0.1, 0.15) is 5.83 Å². The zero-order valence-corrected chi connectivity index (χ0v) is 18.5. The second-order valence-electron chi connectivity index (χ2n) is 6.99. The second-order valence-corrected chi connectivity index (χ2v) is 8.38. The van der Waals surface area contributed by atoms with Crippen molar-refractivity contribution in [2.45, 2.75) is 25.3 Å². The fourth-order valence-corrected chi connectivity index (χ4v) is 4.16. The number of aromatic nitrogens is 1. The van der Waals surface area contributed by atoms with Crippen LogP contribution in [0.1, 0.15) is 11.3 Å². The predicted molar refractivity (Wildman–Crippen MR) is 123 cm³/mol. The molecule has 0 radical (unpaired) electrons. The van der Waals surface area contributed by atoms with Crippen LogP contribution in [-0.4, -0.2) is 41.1 Å². The molecule has 0 atom stereocenters. The SMILES string of the molecule is Cc1cccc(-c2c(C)n(C/C(F)=C/CN)c3ccc(SN(C)C)cc23)c1.O=CO. The van der Waals surface area contributed by atoms with Crippen molar-refractivity contribution in [3.63, 3.8) is 0 Å². The Balaban J connectivity index is 0.00000101. The minimum absolute atomic E-state index is 0.200. The third kappa shape index (κ3) is 5.72. The van der Waals surface area contributed by atoms with E-state index in [2.05, 4.69) is 60.6 Å². The van der Waals surface area contributed by atoms with E-state index < -0.39 is 0 Å². The first kappa shape index (κ1) is 23.7. The number of nitrogens with two attached hydrogens (primary N) is 1. The number of halogens is 1. The van der Waals surface area contributed by atoms with Gasteiger partial charge in [0, 0.05) is 33.6 Å². The Kier molecular flexibility index (Phi) is 8.65. The van der Waals surface area contributed by atoms with Crippen molar-refractivity contribution in [2.24, 2.45) is 5.73 Å². The lowest BCUT2D eigenvalue weighted by Crippen LogP contribution is -2.03. The highest BCUT2D eigenvalue weighted by atomic mass is 32.2. The van der Waals surface area contributed by atoms with E-state index in [0.717, 1.165) is 32.6 Å². The summed E-state index contributed by atoms with van der Waals surface area (Å²) < 4.78 is 18.4. The van der Waals surface area contributed by atoms with Crippen molar-refractivity contribution in [1.82, 2.24) is 8.87 Å². The number of nitrogens with zero attached hydrogens (tertiary/aromatic N) is 2. The van der Waals surface area contributed by atoms with E-state index in [0.29, 0.717) is 0 Å². The minimum atomic E-state index is -0.250. The van der Waals surface area contributed by atoms with Crippen LogP contribution >= 0.6 is 11.9 Å². The van der Waals surface area contributed by atoms with E-state index in [9.17, 15) is 4.39 Å². The third-order valence-corrected chi connectivity index (χ3v) is 5.37. The lowest BCUT2D eigenvalue weighted by Gasteiger charge is -2.09. The smallest absolute Gasteiger partial charge is 0.290 e. The average Bonchev–Trinajstić information content (AvgIpc) is 2.93. The Morgan fingerprint density at radius 3 is 2.53 bits per heavy atom. The van der Waals surface area contributed by atoms with Crippen LogP contribution < -0.4 is 5.73 Å². The summed E-state index contributed by atoms with van der Waals surface area (Å²) in [6.45, 7) is 4.31. The van der Waals surface area contributed by atoms with Gasteiger partial charge in [-0.25, -0.2) is 4.39 Å². The molecule has 2 aromatic carbocycles. The highest BCUT2D eigenvalue weighted by Gasteiger charge is 2.17. The Morgan fingerprint density at radius 1 is 1.23 bits per heavy atom. The van der Waals surface area contributed by atoms with Gasteiger partial charge >= 0.3 is 0 Å². The number of benzene rings is 2. The van der Waals surface area contributed by atoms with Gasteiger partial charge in [-0.05, 0) is 69.7 Å². The van der Waals surface area contributed by atoms with Crippen LogP contribution in [0.3, 0.4) is 0 Å². The summed E-state index contributed by atoms with van der Waals surface area (Å²) in [7, 11) is 4.06. The van der Waals surface area contributed by atoms with Crippen molar-refractivity contribution in [2.75, 3.05) is 20.6 Å². The van der Waals surface area contributed by atoms with Gasteiger partial charge in [-0.3, -0.25) is 9.10 Å². The number of aryl methyl sites for hydroxylation is 1. The number of hydrogen-bond acceptors (Lipinski definition) is 4. The topological polar surface area (TPSA) is 71.5 Å². The summed E-state index contributed by atoms with van der Waals surface area (Å²) in [6.07, 6.45) is 1.44. The summed E-state index contributed by atoms with van der Waals surface area (Å²) in [4.78, 5) is 9.52. The molecule has 0 aliphatic rings. The minimum Gasteiger partial charge on any atom is -0.483 e. The zero-order chi connectivity index (χ0) is 22.3. The molecule has 3 aromatic rings. The van der Waals surface area contributed by atoms with Gasteiger partial charge in [-0.1, -0.05) is 29.8 Å². The maximum Gasteiger partial charge on any atom is 0.290 e. The number of carbonyl (C=O) groups is 1. The van der Waals surface area contributed by atoms with Crippen LogP contribution in [-0.2, 0) is 11.3 Å². The zero-order valence-electron chi connectivity index (χ0n) is 17.7. The summed E-state index contributed by atoms with van der Waals surface area (Å²) in [6, 6.07) is 14.8. The highest BCUT2D eigenvalue weighted by Crippen LogP contribution is 2.37. The second kappa shape index (κ2) is 11.0. The molecule has 0 spiro atoms. The summed E-state index contributed by atoms with van der Waals surface area (Å²) in [5, 5.41) is 8.03.